The van der Waals surface area contributed by atoms with E-state index in [1.165, 1.54) is 16.9 Å². The molecule has 0 aliphatic carbocycles. The number of hydrogen-bond donors (Lipinski definition) is 0. The van der Waals surface area contributed by atoms with Gasteiger partial charge in [0.2, 0.25) is 0 Å². The van der Waals surface area contributed by atoms with Crippen molar-refractivity contribution in [3.05, 3.63) is 64.9 Å². The second-order valence-electron chi connectivity index (χ2n) is 7.08. The molecule has 0 N–H and O–H groups in total. The summed E-state index contributed by atoms with van der Waals surface area (Å²) in [6, 6.07) is 14.6. The van der Waals surface area contributed by atoms with Gasteiger partial charge in [-0.2, -0.15) is 0 Å². The number of furan rings is 1. The average molecular weight is 381 g/mol. The summed E-state index contributed by atoms with van der Waals surface area (Å²) < 4.78 is 5.65. The third kappa shape index (κ3) is 3.56. The summed E-state index contributed by atoms with van der Waals surface area (Å²) in [5, 5.41) is 2.62. The summed E-state index contributed by atoms with van der Waals surface area (Å²) in [4.78, 5) is 19.8. The van der Waals surface area contributed by atoms with Gasteiger partial charge in [0.1, 0.15) is 11.5 Å². The fourth-order valence-corrected chi connectivity index (χ4v) is 4.83. The zero-order valence-corrected chi connectivity index (χ0v) is 16.5. The standard InChI is InChI=1S/C22H24N2O2S/c1-3-17(16-8-5-4-6-9-16)19-10-7-13-24(19)22(25)18-14-27-21(23-18)20-12-11-15(2)26-20/h4-6,8-9,11-12,14,17,19H,3,7,10,13H2,1-2H3/t17-,19-/m0/s1. The molecule has 1 aliphatic heterocycles. The first-order chi connectivity index (χ1) is 13.2. The SMILES string of the molecule is CC[C@@H](c1ccccc1)[C@@H]1CCCN1C(=O)c1csc(-c2ccc(C)o2)n1. The zero-order chi connectivity index (χ0) is 18.8. The summed E-state index contributed by atoms with van der Waals surface area (Å²) in [7, 11) is 0. The Labute approximate surface area is 163 Å². The molecule has 4 rings (SSSR count). The molecule has 1 saturated heterocycles. The van der Waals surface area contributed by atoms with Crippen LogP contribution >= 0.6 is 11.3 Å². The van der Waals surface area contributed by atoms with Crippen LogP contribution in [0.4, 0.5) is 0 Å². The summed E-state index contributed by atoms with van der Waals surface area (Å²) in [6.45, 7) is 4.92. The molecule has 0 unspecified atom stereocenters. The minimum absolute atomic E-state index is 0.0395. The quantitative estimate of drug-likeness (QED) is 0.586. The lowest BCUT2D eigenvalue weighted by atomic mass is 9.87. The average Bonchev–Trinajstić information content (AvgIpc) is 3.43. The number of nitrogens with zero attached hydrogens (tertiary/aromatic N) is 2. The second-order valence-corrected chi connectivity index (χ2v) is 7.94. The van der Waals surface area contributed by atoms with Gasteiger partial charge < -0.3 is 9.32 Å². The van der Waals surface area contributed by atoms with E-state index < -0.39 is 0 Å². The first kappa shape index (κ1) is 18.0. The highest BCUT2D eigenvalue weighted by Crippen LogP contribution is 2.35. The molecule has 1 aromatic carbocycles. The molecule has 4 nitrogen and oxygen atoms in total. The number of carbonyl (C=O) groups is 1. The number of aromatic nitrogens is 1. The Balaban J connectivity index is 1.57. The molecule has 3 aromatic rings. The molecule has 140 valence electrons. The number of hydrogen-bond acceptors (Lipinski definition) is 4. The van der Waals surface area contributed by atoms with Crippen LogP contribution in [0.15, 0.2) is 52.3 Å². The van der Waals surface area contributed by atoms with Crippen LogP contribution in [-0.4, -0.2) is 28.4 Å². The lowest BCUT2D eigenvalue weighted by Crippen LogP contribution is -2.39. The molecule has 27 heavy (non-hydrogen) atoms. The maximum Gasteiger partial charge on any atom is 0.273 e. The van der Waals surface area contributed by atoms with Crippen LogP contribution in [0.2, 0.25) is 0 Å². The van der Waals surface area contributed by atoms with Gasteiger partial charge in [-0.1, -0.05) is 37.3 Å². The number of benzene rings is 1. The van der Waals surface area contributed by atoms with Crippen LogP contribution in [0.3, 0.4) is 0 Å². The number of likely N-dealkylation sites (tertiary alicyclic amines) is 1. The molecule has 0 saturated carbocycles. The summed E-state index contributed by atoms with van der Waals surface area (Å²) in [5.74, 6) is 1.98. The number of carbonyl (C=O) groups excluding carboxylic acids is 1. The molecule has 1 fully saturated rings. The summed E-state index contributed by atoms with van der Waals surface area (Å²) in [5.41, 5.74) is 1.84. The predicted molar refractivity (Wildman–Crippen MR) is 108 cm³/mol. The van der Waals surface area contributed by atoms with Crippen LogP contribution in [0.25, 0.3) is 10.8 Å². The Morgan fingerprint density at radius 3 is 2.81 bits per heavy atom. The van der Waals surface area contributed by atoms with Crippen LogP contribution in [0.1, 0.15) is 53.9 Å². The van der Waals surface area contributed by atoms with E-state index in [2.05, 4.69) is 36.2 Å². The number of rotatable bonds is 5. The van der Waals surface area contributed by atoms with Gasteiger partial charge in [0.15, 0.2) is 10.8 Å². The van der Waals surface area contributed by atoms with Gasteiger partial charge in [0, 0.05) is 23.9 Å². The van der Waals surface area contributed by atoms with Gasteiger partial charge in [0.25, 0.3) is 5.91 Å². The smallest absolute Gasteiger partial charge is 0.273 e. The van der Waals surface area contributed by atoms with E-state index in [9.17, 15) is 4.79 Å². The van der Waals surface area contributed by atoms with Gasteiger partial charge in [-0.3, -0.25) is 4.79 Å². The second kappa shape index (κ2) is 7.69. The number of aryl methyl sites for hydroxylation is 1. The van der Waals surface area contributed by atoms with Gasteiger partial charge in [-0.25, -0.2) is 4.98 Å². The molecule has 1 aliphatic rings. The third-order valence-corrected chi connectivity index (χ3v) is 6.22. The molecule has 2 aromatic heterocycles. The Morgan fingerprint density at radius 2 is 2.11 bits per heavy atom. The zero-order valence-electron chi connectivity index (χ0n) is 15.7. The van der Waals surface area contributed by atoms with Crippen LogP contribution in [0.5, 0.6) is 0 Å². The van der Waals surface area contributed by atoms with Crippen molar-refractivity contribution in [1.82, 2.24) is 9.88 Å². The molecule has 0 bridgehead atoms. The van der Waals surface area contributed by atoms with Crippen molar-refractivity contribution in [3.8, 4) is 10.8 Å². The Hall–Kier alpha value is -2.40. The maximum atomic E-state index is 13.2. The third-order valence-electron chi connectivity index (χ3n) is 5.37. The lowest BCUT2D eigenvalue weighted by molar-refractivity contribution is 0.0709. The maximum absolute atomic E-state index is 13.2. The van der Waals surface area contributed by atoms with E-state index >= 15 is 0 Å². The van der Waals surface area contributed by atoms with Crippen molar-refractivity contribution in [3.63, 3.8) is 0 Å². The van der Waals surface area contributed by atoms with E-state index in [1.54, 1.807) is 0 Å². The largest absolute Gasteiger partial charge is 0.459 e. The molecular formula is C22H24N2O2S. The van der Waals surface area contributed by atoms with Crippen molar-refractivity contribution in [1.29, 1.82) is 0 Å². The van der Waals surface area contributed by atoms with Gasteiger partial charge in [-0.05, 0) is 43.9 Å². The highest BCUT2D eigenvalue weighted by Gasteiger charge is 2.35. The monoisotopic (exact) mass is 380 g/mol. The fourth-order valence-electron chi connectivity index (χ4n) is 4.07. The van der Waals surface area contributed by atoms with Crippen molar-refractivity contribution in [2.24, 2.45) is 0 Å². The molecule has 5 heteroatoms. The minimum atomic E-state index is 0.0395. The minimum Gasteiger partial charge on any atom is -0.459 e. The van der Waals surface area contributed by atoms with Gasteiger partial charge >= 0.3 is 0 Å². The van der Waals surface area contributed by atoms with E-state index in [0.29, 0.717) is 11.6 Å². The topological polar surface area (TPSA) is 46.3 Å². The highest BCUT2D eigenvalue weighted by atomic mass is 32.1. The summed E-state index contributed by atoms with van der Waals surface area (Å²) >= 11 is 1.46. The lowest BCUT2D eigenvalue weighted by Gasteiger charge is -2.31. The van der Waals surface area contributed by atoms with E-state index in [1.807, 2.05) is 35.4 Å². The van der Waals surface area contributed by atoms with E-state index in [4.69, 9.17) is 4.42 Å². The highest BCUT2D eigenvalue weighted by molar-refractivity contribution is 7.13. The molecule has 3 heterocycles. The van der Waals surface area contributed by atoms with Crippen LogP contribution < -0.4 is 0 Å². The number of thiazole rings is 1. The van der Waals surface area contributed by atoms with Crippen molar-refractivity contribution in [2.45, 2.75) is 45.1 Å². The van der Waals surface area contributed by atoms with E-state index in [-0.39, 0.29) is 11.9 Å². The molecule has 0 radical (unpaired) electrons. The molecular weight excluding hydrogens is 356 g/mol. The number of amides is 1. The predicted octanol–water partition coefficient (Wildman–Crippen LogP) is 5.51. The Morgan fingerprint density at radius 1 is 1.30 bits per heavy atom. The first-order valence-corrected chi connectivity index (χ1v) is 10.4. The van der Waals surface area contributed by atoms with Crippen LogP contribution in [-0.2, 0) is 0 Å². The van der Waals surface area contributed by atoms with Gasteiger partial charge in [0.05, 0.1) is 0 Å². The van der Waals surface area contributed by atoms with Crippen molar-refractivity contribution < 1.29 is 9.21 Å². The first-order valence-electron chi connectivity index (χ1n) is 9.55. The van der Waals surface area contributed by atoms with Crippen molar-refractivity contribution in [2.75, 3.05) is 6.54 Å². The Bertz CT molecular complexity index is 915. The van der Waals surface area contributed by atoms with Gasteiger partial charge in [-0.15, -0.1) is 11.3 Å². The molecule has 1 amide bonds. The summed E-state index contributed by atoms with van der Waals surface area (Å²) in [6.07, 6.45) is 3.12. The molecule has 0 spiro atoms. The van der Waals surface area contributed by atoms with Crippen molar-refractivity contribution >= 4 is 17.2 Å². The molecule has 2 atom stereocenters. The fraction of sp³-hybridized carbons (Fsp3) is 0.364. The Kier molecular flexibility index (Phi) is 5.12. The normalized spacial score (nSPS) is 18.0. The van der Waals surface area contributed by atoms with E-state index in [0.717, 1.165) is 42.3 Å². The van der Waals surface area contributed by atoms with Crippen LogP contribution in [0, 0.1) is 6.92 Å².